The zero-order valence-corrected chi connectivity index (χ0v) is 9.57. The maximum atomic E-state index is 12.2. The molecule has 0 saturated carbocycles. The number of hydrogen-bond acceptors (Lipinski definition) is 2. The van der Waals surface area contributed by atoms with Crippen LogP contribution in [0.5, 0.6) is 0 Å². The Kier molecular flexibility index (Phi) is 5.09. The van der Waals surface area contributed by atoms with Crippen LogP contribution in [0, 0.1) is 0 Å². The fourth-order valence-electron chi connectivity index (χ4n) is 1.37. The molecule has 0 fully saturated rings. The summed E-state index contributed by atoms with van der Waals surface area (Å²) in [5, 5.41) is 11.8. The Morgan fingerprint density at radius 2 is 2.29 bits per heavy atom. The summed E-state index contributed by atoms with van der Waals surface area (Å²) >= 11 is 0. The summed E-state index contributed by atoms with van der Waals surface area (Å²) in [6.45, 7) is 1.40. The zero-order valence-electron chi connectivity index (χ0n) is 9.57. The molecule has 0 aliphatic rings. The molecule has 2 N–H and O–H groups in total. The van der Waals surface area contributed by atoms with Crippen LogP contribution in [0.3, 0.4) is 0 Å². The lowest BCUT2D eigenvalue weighted by atomic mass is 10.3. The van der Waals surface area contributed by atoms with Crippen LogP contribution in [0.1, 0.15) is 23.8 Å². The van der Waals surface area contributed by atoms with Gasteiger partial charge in [-0.3, -0.25) is 4.79 Å². The van der Waals surface area contributed by atoms with Crippen LogP contribution in [0.15, 0.2) is 18.3 Å². The van der Waals surface area contributed by atoms with Crippen LogP contribution in [0.2, 0.25) is 0 Å². The van der Waals surface area contributed by atoms with E-state index in [9.17, 15) is 18.7 Å². The molecule has 0 saturated heterocycles. The molecule has 1 aromatic heterocycles. The van der Waals surface area contributed by atoms with Crippen LogP contribution < -0.4 is 5.32 Å². The number of aromatic nitrogens is 1. The third-order valence-electron chi connectivity index (χ3n) is 2.37. The molecule has 6 heteroatoms. The lowest BCUT2D eigenvalue weighted by Gasteiger charge is -2.11. The highest BCUT2D eigenvalue weighted by molar-refractivity contribution is 5.92. The maximum absolute atomic E-state index is 12.2. The molecule has 0 aliphatic carbocycles. The van der Waals surface area contributed by atoms with Crippen molar-refractivity contribution in [3.05, 3.63) is 24.0 Å². The highest BCUT2D eigenvalue weighted by Gasteiger charge is 2.14. The Morgan fingerprint density at radius 3 is 2.88 bits per heavy atom. The van der Waals surface area contributed by atoms with Gasteiger partial charge in [-0.1, -0.05) is 6.92 Å². The van der Waals surface area contributed by atoms with Crippen molar-refractivity contribution in [3.63, 3.8) is 0 Å². The topological polar surface area (TPSA) is 54.3 Å². The van der Waals surface area contributed by atoms with Crippen LogP contribution in [-0.2, 0) is 6.54 Å². The summed E-state index contributed by atoms with van der Waals surface area (Å²) < 4.78 is 25.6. The summed E-state index contributed by atoms with van der Waals surface area (Å²) in [7, 11) is 0. The Hall–Kier alpha value is -1.43. The molecule has 0 radical (unpaired) electrons. The number of rotatable bonds is 6. The van der Waals surface area contributed by atoms with Gasteiger partial charge in [0.1, 0.15) is 5.69 Å². The van der Waals surface area contributed by atoms with Crippen molar-refractivity contribution in [1.82, 2.24) is 9.88 Å². The molecule has 1 unspecified atom stereocenters. The summed E-state index contributed by atoms with van der Waals surface area (Å²) in [5.41, 5.74) is 0.175. The van der Waals surface area contributed by atoms with E-state index in [0.717, 1.165) is 0 Å². The third kappa shape index (κ3) is 4.14. The molecule has 1 rings (SSSR count). The first kappa shape index (κ1) is 13.6. The molecular formula is C11H16F2N2O2. The van der Waals surface area contributed by atoms with Gasteiger partial charge in [-0.2, -0.15) is 0 Å². The number of carbonyl (C=O) groups excluding carboxylic acids is 1. The van der Waals surface area contributed by atoms with Gasteiger partial charge in [0.2, 0.25) is 0 Å². The van der Waals surface area contributed by atoms with Crippen LogP contribution >= 0.6 is 0 Å². The lowest BCUT2D eigenvalue weighted by Crippen LogP contribution is -2.33. The van der Waals surface area contributed by atoms with Gasteiger partial charge in [-0.15, -0.1) is 0 Å². The van der Waals surface area contributed by atoms with E-state index in [2.05, 4.69) is 5.32 Å². The molecule has 1 heterocycles. The largest absolute Gasteiger partial charge is 0.391 e. The molecule has 0 spiro atoms. The third-order valence-corrected chi connectivity index (χ3v) is 2.37. The molecule has 0 bridgehead atoms. The second kappa shape index (κ2) is 6.34. The van der Waals surface area contributed by atoms with Crippen molar-refractivity contribution < 1.29 is 18.7 Å². The van der Waals surface area contributed by atoms with Crippen LogP contribution in [0.4, 0.5) is 8.78 Å². The minimum atomic E-state index is -2.50. The predicted molar refractivity (Wildman–Crippen MR) is 59.1 cm³/mol. The molecule has 96 valence electrons. The lowest BCUT2D eigenvalue weighted by molar-refractivity contribution is 0.0892. The first-order valence-corrected chi connectivity index (χ1v) is 5.44. The first-order valence-electron chi connectivity index (χ1n) is 5.44. The smallest absolute Gasteiger partial charge is 0.267 e. The van der Waals surface area contributed by atoms with Gasteiger partial charge < -0.3 is 15.0 Å². The number of nitrogens with one attached hydrogen (secondary N) is 1. The van der Waals surface area contributed by atoms with E-state index in [1.807, 2.05) is 0 Å². The van der Waals surface area contributed by atoms with Gasteiger partial charge in [0.05, 0.1) is 12.6 Å². The summed E-state index contributed by atoms with van der Waals surface area (Å²) in [5.74, 6) is -0.455. The summed E-state index contributed by atoms with van der Waals surface area (Å²) in [4.78, 5) is 11.6. The first-order chi connectivity index (χ1) is 8.04. The fraction of sp³-hybridized carbons (Fsp3) is 0.545. The van der Waals surface area contributed by atoms with Crippen molar-refractivity contribution in [2.75, 3.05) is 6.54 Å². The van der Waals surface area contributed by atoms with Gasteiger partial charge in [-0.05, 0) is 18.6 Å². The minimum Gasteiger partial charge on any atom is -0.391 e. The SMILES string of the molecule is CCC(O)CNC(=O)c1cccn1CC(F)F. The van der Waals surface area contributed by atoms with Crippen molar-refractivity contribution in [1.29, 1.82) is 0 Å². The standard InChI is InChI=1S/C11H16F2N2O2/c1-2-8(16)6-14-11(17)9-4-3-5-15(9)7-10(12)13/h3-5,8,10,16H,2,6-7H2,1H3,(H,14,17). The van der Waals surface area contributed by atoms with E-state index in [4.69, 9.17) is 0 Å². The van der Waals surface area contributed by atoms with E-state index in [0.29, 0.717) is 6.42 Å². The highest BCUT2D eigenvalue weighted by atomic mass is 19.3. The number of amides is 1. The Bertz CT molecular complexity index is 366. The minimum absolute atomic E-state index is 0.120. The van der Waals surface area contributed by atoms with E-state index in [1.54, 1.807) is 6.92 Å². The molecule has 0 aromatic carbocycles. The van der Waals surface area contributed by atoms with E-state index < -0.39 is 25.0 Å². The van der Waals surface area contributed by atoms with Crippen LogP contribution in [0.25, 0.3) is 0 Å². The molecule has 0 aliphatic heterocycles. The number of hydrogen-bond donors (Lipinski definition) is 2. The van der Waals surface area contributed by atoms with Gasteiger partial charge in [0, 0.05) is 12.7 Å². The maximum Gasteiger partial charge on any atom is 0.267 e. The monoisotopic (exact) mass is 246 g/mol. The van der Waals surface area contributed by atoms with E-state index in [-0.39, 0.29) is 12.2 Å². The van der Waals surface area contributed by atoms with Crippen molar-refractivity contribution in [2.24, 2.45) is 0 Å². The zero-order chi connectivity index (χ0) is 12.8. The normalized spacial score (nSPS) is 12.8. The molecule has 1 aromatic rings. The number of nitrogens with zero attached hydrogens (tertiary/aromatic N) is 1. The highest BCUT2D eigenvalue weighted by Crippen LogP contribution is 2.06. The van der Waals surface area contributed by atoms with E-state index >= 15 is 0 Å². The van der Waals surface area contributed by atoms with Gasteiger partial charge >= 0.3 is 0 Å². The second-order valence-electron chi connectivity index (χ2n) is 3.71. The number of alkyl halides is 2. The summed E-state index contributed by atoms with van der Waals surface area (Å²) in [6.07, 6.45) is -1.16. The Balaban J connectivity index is 2.59. The molecule has 17 heavy (non-hydrogen) atoms. The number of aliphatic hydroxyl groups excluding tert-OH is 1. The average Bonchev–Trinajstić information content (AvgIpc) is 2.72. The number of halogens is 2. The Morgan fingerprint density at radius 1 is 1.59 bits per heavy atom. The number of aliphatic hydroxyl groups is 1. The average molecular weight is 246 g/mol. The van der Waals surface area contributed by atoms with Crippen molar-refractivity contribution in [3.8, 4) is 0 Å². The quantitative estimate of drug-likeness (QED) is 0.793. The Labute approximate surface area is 98.2 Å². The predicted octanol–water partition coefficient (Wildman–Crippen LogP) is 1.25. The molecule has 1 atom stereocenters. The second-order valence-corrected chi connectivity index (χ2v) is 3.71. The fourth-order valence-corrected chi connectivity index (χ4v) is 1.37. The number of carbonyl (C=O) groups is 1. The van der Waals surface area contributed by atoms with Gasteiger partial charge in [-0.25, -0.2) is 8.78 Å². The molecule has 1 amide bonds. The van der Waals surface area contributed by atoms with Crippen molar-refractivity contribution in [2.45, 2.75) is 32.4 Å². The van der Waals surface area contributed by atoms with Gasteiger partial charge in [0.25, 0.3) is 12.3 Å². The molecule has 4 nitrogen and oxygen atoms in total. The van der Waals surface area contributed by atoms with Crippen LogP contribution in [-0.4, -0.2) is 34.7 Å². The molecular weight excluding hydrogens is 230 g/mol. The van der Waals surface area contributed by atoms with Crippen molar-refractivity contribution >= 4 is 5.91 Å². The van der Waals surface area contributed by atoms with Gasteiger partial charge in [0.15, 0.2) is 0 Å². The van der Waals surface area contributed by atoms with E-state index in [1.165, 1.54) is 22.9 Å². The summed E-state index contributed by atoms with van der Waals surface area (Å²) in [6, 6.07) is 3.00.